The molecule has 3 nitrogen and oxygen atoms in total. The van der Waals surface area contributed by atoms with Gasteiger partial charge in [0, 0.05) is 11.8 Å². The normalized spacial score (nSPS) is 12.7. The third-order valence-corrected chi connectivity index (χ3v) is 6.46. The molecule has 0 atom stereocenters. The number of rotatable bonds is 7. The van der Waals surface area contributed by atoms with Crippen LogP contribution in [0, 0.1) is 0 Å². The van der Waals surface area contributed by atoms with Crippen LogP contribution in [-0.2, 0) is 27.2 Å². The Morgan fingerprint density at radius 3 is 1.36 bits per heavy atom. The molecule has 0 aliphatic rings. The van der Waals surface area contributed by atoms with Gasteiger partial charge in [0.05, 0.1) is 6.61 Å². The van der Waals surface area contributed by atoms with Gasteiger partial charge in [-0.05, 0) is 52.6 Å². The quantitative estimate of drug-likeness (QED) is 0.436. The maximum atomic E-state index is 6.05. The van der Waals surface area contributed by atoms with E-state index in [9.17, 15) is 0 Å². The van der Waals surface area contributed by atoms with E-state index in [4.69, 9.17) is 25.4 Å². The van der Waals surface area contributed by atoms with Gasteiger partial charge in [0.25, 0.3) is 0 Å². The summed E-state index contributed by atoms with van der Waals surface area (Å²) < 4.78 is 18.0. The van der Waals surface area contributed by atoms with Crippen LogP contribution in [0.25, 0.3) is 0 Å². The summed E-state index contributed by atoms with van der Waals surface area (Å²) in [6.45, 7) is 12.7. The van der Waals surface area contributed by atoms with Crippen molar-refractivity contribution in [1.82, 2.24) is 0 Å². The van der Waals surface area contributed by atoms with Crippen LogP contribution < -0.4 is 9.05 Å². The van der Waals surface area contributed by atoms with E-state index in [1.165, 1.54) is 11.1 Å². The summed E-state index contributed by atoms with van der Waals surface area (Å²) in [7, 11) is 0. The summed E-state index contributed by atoms with van der Waals surface area (Å²) in [5.41, 5.74) is 2.65. The molecule has 2 aromatic rings. The molecule has 5 heteroatoms. The van der Waals surface area contributed by atoms with Gasteiger partial charge in [0.1, 0.15) is 11.5 Å². The molecular formula is C23H33O3PS. The summed E-state index contributed by atoms with van der Waals surface area (Å²) in [6, 6.07) is 16.0. The molecule has 0 saturated heterocycles. The lowest BCUT2D eigenvalue weighted by molar-refractivity contribution is 0.262. The molecule has 2 aromatic carbocycles. The van der Waals surface area contributed by atoms with Crippen LogP contribution in [0.1, 0.15) is 66.0 Å². The molecule has 0 unspecified atom stereocenters. The van der Waals surface area contributed by atoms with Crippen LogP contribution in [0.15, 0.2) is 48.5 Å². The highest BCUT2D eigenvalue weighted by molar-refractivity contribution is 8.07. The van der Waals surface area contributed by atoms with Crippen LogP contribution in [-0.4, -0.2) is 6.61 Å². The average molecular weight is 421 g/mol. The lowest BCUT2D eigenvalue weighted by Crippen LogP contribution is -2.11. The van der Waals surface area contributed by atoms with Gasteiger partial charge in [-0.3, -0.25) is 4.52 Å². The smallest absolute Gasteiger partial charge is 0.416 e. The molecule has 0 bridgehead atoms. The minimum Gasteiger partial charge on any atom is -0.416 e. The van der Waals surface area contributed by atoms with E-state index in [-0.39, 0.29) is 10.8 Å². The first-order chi connectivity index (χ1) is 12.9. The third-order valence-electron chi connectivity index (χ3n) is 4.33. The summed E-state index contributed by atoms with van der Waals surface area (Å²) in [5, 5.41) is 0. The predicted molar refractivity (Wildman–Crippen MR) is 122 cm³/mol. The van der Waals surface area contributed by atoms with Crippen molar-refractivity contribution in [3.8, 4) is 11.5 Å². The Hall–Kier alpha value is -1.35. The Balaban J connectivity index is 2.20. The molecule has 28 heavy (non-hydrogen) atoms. The summed E-state index contributed by atoms with van der Waals surface area (Å²) in [6.07, 6.45) is 0.844. The Morgan fingerprint density at radius 2 is 1.07 bits per heavy atom. The molecule has 0 fully saturated rings. The van der Waals surface area contributed by atoms with Crippen molar-refractivity contribution >= 4 is 18.5 Å². The summed E-state index contributed by atoms with van der Waals surface area (Å²) in [4.78, 5) is 0. The Kier molecular flexibility index (Phi) is 7.36. The minimum atomic E-state index is -2.96. The van der Waals surface area contributed by atoms with Gasteiger partial charge < -0.3 is 9.05 Å². The highest BCUT2D eigenvalue weighted by Gasteiger charge is 2.25. The average Bonchev–Trinajstić information content (AvgIpc) is 2.59. The van der Waals surface area contributed by atoms with Crippen LogP contribution >= 0.6 is 6.72 Å². The van der Waals surface area contributed by atoms with Gasteiger partial charge in [-0.25, -0.2) is 0 Å². The molecular weight excluding hydrogens is 387 g/mol. The molecule has 0 aliphatic heterocycles. The fraction of sp³-hybridized carbons (Fsp3) is 0.478. The molecule has 0 N–H and O–H groups in total. The molecule has 2 rings (SSSR count). The van der Waals surface area contributed by atoms with Crippen molar-refractivity contribution in [3.05, 3.63) is 59.7 Å². The van der Waals surface area contributed by atoms with Crippen molar-refractivity contribution in [2.45, 2.75) is 65.7 Å². The van der Waals surface area contributed by atoms with E-state index < -0.39 is 6.72 Å². The molecule has 0 aliphatic carbocycles. The second-order valence-corrected chi connectivity index (χ2v) is 11.9. The summed E-state index contributed by atoms with van der Waals surface area (Å²) in [5.74, 6) is 1.33. The lowest BCUT2D eigenvalue weighted by Gasteiger charge is -2.24. The third kappa shape index (κ3) is 6.62. The van der Waals surface area contributed by atoms with Crippen LogP contribution in [0.2, 0.25) is 0 Å². The van der Waals surface area contributed by atoms with Crippen LogP contribution in [0.5, 0.6) is 11.5 Å². The molecule has 0 heterocycles. The maximum absolute atomic E-state index is 6.05. The standard InChI is InChI=1S/C23H33O3PS/c1-8-17-24-27(28,25-20-13-9-18(10-14-20)22(2,3)4)26-21-15-11-19(12-16-21)23(5,6)7/h9-16H,8,17H2,1-7H3. The largest absolute Gasteiger partial charge is 0.434 e. The van der Waals surface area contributed by atoms with Gasteiger partial charge in [0.2, 0.25) is 0 Å². The highest BCUT2D eigenvalue weighted by atomic mass is 32.5. The fourth-order valence-corrected chi connectivity index (χ4v) is 4.61. The predicted octanol–water partition coefficient (Wildman–Crippen LogP) is 7.39. The maximum Gasteiger partial charge on any atom is 0.434 e. The zero-order chi connectivity index (χ0) is 21.0. The number of hydrogen-bond acceptors (Lipinski definition) is 4. The van der Waals surface area contributed by atoms with Crippen LogP contribution in [0.4, 0.5) is 0 Å². The van der Waals surface area contributed by atoms with Crippen molar-refractivity contribution in [2.75, 3.05) is 6.61 Å². The zero-order valence-corrected chi connectivity index (χ0v) is 19.8. The lowest BCUT2D eigenvalue weighted by atomic mass is 9.87. The van der Waals surface area contributed by atoms with Gasteiger partial charge in [-0.1, -0.05) is 72.7 Å². The number of benzene rings is 2. The van der Waals surface area contributed by atoms with Gasteiger partial charge in [0.15, 0.2) is 0 Å². The van der Waals surface area contributed by atoms with Crippen molar-refractivity contribution in [1.29, 1.82) is 0 Å². The highest BCUT2D eigenvalue weighted by Crippen LogP contribution is 2.50. The second-order valence-electron chi connectivity index (χ2n) is 9.01. The zero-order valence-electron chi connectivity index (χ0n) is 18.1. The first kappa shape index (κ1) is 22.9. The van der Waals surface area contributed by atoms with Crippen LogP contribution in [0.3, 0.4) is 0 Å². The Bertz CT molecular complexity index is 736. The second kappa shape index (κ2) is 8.98. The SMILES string of the molecule is CCCOP(=S)(Oc1ccc(C(C)(C)C)cc1)Oc1ccc(C(C)(C)C)cc1. The molecule has 0 saturated carbocycles. The van der Waals surface area contributed by atoms with Crippen molar-refractivity contribution in [3.63, 3.8) is 0 Å². The van der Waals surface area contributed by atoms with Gasteiger partial charge in [-0.2, -0.15) is 0 Å². The Labute approximate surface area is 175 Å². The van der Waals surface area contributed by atoms with Gasteiger partial charge >= 0.3 is 6.72 Å². The van der Waals surface area contributed by atoms with E-state index in [2.05, 4.69) is 65.8 Å². The first-order valence-corrected chi connectivity index (χ1v) is 12.3. The molecule has 154 valence electrons. The molecule has 0 spiro atoms. The van der Waals surface area contributed by atoms with Crippen molar-refractivity contribution < 1.29 is 13.6 Å². The molecule has 0 amide bonds. The fourth-order valence-electron chi connectivity index (χ4n) is 2.56. The monoisotopic (exact) mass is 420 g/mol. The van der Waals surface area contributed by atoms with E-state index in [0.717, 1.165) is 6.42 Å². The summed E-state index contributed by atoms with van der Waals surface area (Å²) >= 11 is 5.69. The van der Waals surface area contributed by atoms with Gasteiger partial charge in [-0.15, -0.1) is 0 Å². The molecule has 0 aromatic heterocycles. The Morgan fingerprint density at radius 1 is 0.714 bits per heavy atom. The van der Waals surface area contributed by atoms with E-state index in [1.807, 2.05) is 31.2 Å². The topological polar surface area (TPSA) is 27.7 Å². The molecule has 0 radical (unpaired) electrons. The van der Waals surface area contributed by atoms with E-state index in [0.29, 0.717) is 18.1 Å². The van der Waals surface area contributed by atoms with E-state index >= 15 is 0 Å². The number of hydrogen-bond donors (Lipinski definition) is 0. The van der Waals surface area contributed by atoms with E-state index in [1.54, 1.807) is 0 Å². The van der Waals surface area contributed by atoms with Crippen molar-refractivity contribution in [2.24, 2.45) is 0 Å². The first-order valence-electron chi connectivity index (χ1n) is 9.78. The minimum absolute atomic E-state index is 0.0860.